The number of nitrogens with zero attached hydrogens (tertiary/aromatic N) is 1. The Labute approximate surface area is 120 Å². The highest BCUT2D eigenvalue weighted by Crippen LogP contribution is 2.22. The van der Waals surface area contributed by atoms with Crippen molar-refractivity contribution < 1.29 is 4.58 Å². The van der Waals surface area contributed by atoms with Crippen LogP contribution in [0, 0.1) is 12.3 Å². The Morgan fingerprint density at radius 3 is 1.95 bits per heavy atom. The van der Waals surface area contributed by atoms with E-state index >= 15 is 0 Å². The van der Waals surface area contributed by atoms with Gasteiger partial charge in [-0.2, -0.15) is 0 Å². The molecule has 1 nitrogen and oxygen atoms in total. The first-order valence-electron chi connectivity index (χ1n) is 6.61. The van der Waals surface area contributed by atoms with Crippen molar-refractivity contribution >= 4 is 11.8 Å². The van der Waals surface area contributed by atoms with Gasteiger partial charge >= 0.3 is 0 Å². The maximum absolute atomic E-state index is 5.33. The van der Waals surface area contributed by atoms with Gasteiger partial charge in [0.15, 0.2) is 6.21 Å². The van der Waals surface area contributed by atoms with Crippen molar-refractivity contribution in [3.63, 3.8) is 0 Å². The second-order valence-electron chi connectivity index (χ2n) is 4.58. The molecule has 0 N–H and O–H groups in total. The van der Waals surface area contributed by atoms with Gasteiger partial charge in [-0.05, 0) is 22.6 Å². The number of benzene rings is 2. The monoisotopic (exact) mass is 260 g/mol. The highest BCUT2D eigenvalue weighted by atomic mass is 14.9. The fourth-order valence-electron chi connectivity index (χ4n) is 1.99. The fraction of sp³-hybridized carbons (Fsp3) is 0.105. The van der Waals surface area contributed by atoms with Crippen LogP contribution in [0.25, 0.3) is 5.57 Å². The molecule has 2 rings (SSSR count). The van der Waals surface area contributed by atoms with Gasteiger partial charge in [0.05, 0.1) is 0 Å². The van der Waals surface area contributed by atoms with Crippen LogP contribution in [-0.4, -0.2) is 24.4 Å². The maximum atomic E-state index is 5.33. The first-order valence-corrected chi connectivity index (χ1v) is 6.61. The lowest BCUT2D eigenvalue weighted by Crippen LogP contribution is -2.06. The molecule has 0 aromatic heterocycles. The molecule has 0 aliphatic rings. The average Bonchev–Trinajstić information content (AvgIpc) is 2.50. The third kappa shape index (κ3) is 3.70. The van der Waals surface area contributed by atoms with Gasteiger partial charge in [-0.3, -0.25) is 0 Å². The summed E-state index contributed by atoms with van der Waals surface area (Å²) in [5.74, 6) is 2.64. The summed E-state index contributed by atoms with van der Waals surface area (Å²) < 4.78 is 1.99. The Hall–Kier alpha value is -2.59. The van der Waals surface area contributed by atoms with Gasteiger partial charge in [-0.25, -0.2) is 4.58 Å². The zero-order valence-electron chi connectivity index (χ0n) is 11.7. The molecule has 0 unspecified atom stereocenters. The summed E-state index contributed by atoms with van der Waals surface area (Å²) in [6, 6.07) is 20.7. The molecule has 98 valence electrons. The number of rotatable bonds is 4. The van der Waals surface area contributed by atoms with Gasteiger partial charge in [-0.15, -0.1) is 6.42 Å². The molecular formula is C19H18N+. The van der Waals surface area contributed by atoms with E-state index in [-0.39, 0.29) is 0 Å². The number of hydrogen-bond acceptors (Lipinski definition) is 0. The second kappa shape index (κ2) is 7.11. The minimum absolute atomic E-state index is 0.605. The molecule has 0 atom stereocenters. The summed E-state index contributed by atoms with van der Waals surface area (Å²) in [4.78, 5) is 0. The van der Waals surface area contributed by atoms with E-state index in [4.69, 9.17) is 6.42 Å². The summed E-state index contributed by atoms with van der Waals surface area (Å²) in [6.45, 7) is 0.605. The van der Waals surface area contributed by atoms with Crippen LogP contribution in [-0.2, 0) is 0 Å². The number of hydrogen-bond donors (Lipinski definition) is 0. The Kier molecular flexibility index (Phi) is 4.92. The van der Waals surface area contributed by atoms with Gasteiger partial charge in [0.2, 0.25) is 6.54 Å². The summed E-state index contributed by atoms with van der Waals surface area (Å²) in [5.41, 5.74) is 3.59. The quantitative estimate of drug-likeness (QED) is 0.450. The molecule has 0 fully saturated rings. The zero-order chi connectivity index (χ0) is 14.2. The van der Waals surface area contributed by atoms with E-state index in [1.54, 1.807) is 0 Å². The lowest BCUT2D eigenvalue weighted by atomic mass is 9.98. The molecule has 0 amide bonds. The van der Waals surface area contributed by atoms with E-state index in [1.807, 2.05) is 30.0 Å². The third-order valence-corrected chi connectivity index (χ3v) is 3.01. The van der Waals surface area contributed by atoms with Crippen LogP contribution in [0.1, 0.15) is 11.1 Å². The summed E-state index contributed by atoms with van der Waals surface area (Å²) >= 11 is 0. The van der Waals surface area contributed by atoms with Crippen molar-refractivity contribution in [2.45, 2.75) is 0 Å². The lowest BCUT2D eigenvalue weighted by molar-refractivity contribution is -0.478. The SMILES string of the molecule is C#CC[N+](C)=CC=C(c1ccccc1)c1ccccc1. The van der Waals surface area contributed by atoms with Crippen LogP contribution in [0.5, 0.6) is 0 Å². The summed E-state index contributed by atoms with van der Waals surface area (Å²) in [7, 11) is 1.98. The van der Waals surface area contributed by atoms with Crippen molar-refractivity contribution in [3.8, 4) is 12.3 Å². The topological polar surface area (TPSA) is 3.01 Å². The van der Waals surface area contributed by atoms with Crippen molar-refractivity contribution in [2.75, 3.05) is 13.6 Å². The van der Waals surface area contributed by atoms with Crippen molar-refractivity contribution in [2.24, 2.45) is 0 Å². The standard InChI is InChI=1S/C19H18N/c1-3-15-20(2)16-14-19(17-10-6-4-7-11-17)18-12-8-5-9-13-18/h1,4-14,16H,15H2,2H3/q+1. The van der Waals surface area contributed by atoms with Gasteiger partial charge in [0.1, 0.15) is 7.05 Å². The minimum Gasteiger partial charge on any atom is -0.227 e. The molecule has 0 saturated heterocycles. The molecule has 1 heteroatoms. The van der Waals surface area contributed by atoms with Crippen LogP contribution in [0.2, 0.25) is 0 Å². The van der Waals surface area contributed by atoms with Crippen LogP contribution in [0.3, 0.4) is 0 Å². The predicted molar refractivity (Wildman–Crippen MR) is 85.9 cm³/mol. The van der Waals surface area contributed by atoms with E-state index in [1.165, 1.54) is 16.7 Å². The smallest absolute Gasteiger partial charge is 0.203 e. The zero-order valence-corrected chi connectivity index (χ0v) is 11.7. The Morgan fingerprint density at radius 2 is 1.50 bits per heavy atom. The highest BCUT2D eigenvalue weighted by Gasteiger charge is 2.04. The Balaban J connectivity index is 2.44. The predicted octanol–water partition coefficient (Wildman–Crippen LogP) is 3.46. The van der Waals surface area contributed by atoms with E-state index in [2.05, 4.69) is 60.5 Å². The van der Waals surface area contributed by atoms with E-state index in [0.29, 0.717) is 6.54 Å². The molecule has 2 aromatic carbocycles. The van der Waals surface area contributed by atoms with Crippen molar-refractivity contribution in [3.05, 3.63) is 77.9 Å². The summed E-state index contributed by atoms with van der Waals surface area (Å²) in [6.07, 6.45) is 9.46. The first kappa shape index (κ1) is 13.8. The number of allylic oxidation sites excluding steroid dienone is 1. The molecule has 0 heterocycles. The molecule has 0 radical (unpaired) electrons. The Bertz CT molecular complexity index is 602. The largest absolute Gasteiger partial charge is 0.227 e. The van der Waals surface area contributed by atoms with Gasteiger partial charge in [0, 0.05) is 6.08 Å². The van der Waals surface area contributed by atoms with Crippen LogP contribution in [0.4, 0.5) is 0 Å². The van der Waals surface area contributed by atoms with Crippen LogP contribution < -0.4 is 0 Å². The van der Waals surface area contributed by atoms with Crippen molar-refractivity contribution in [1.29, 1.82) is 0 Å². The van der Waals surface area contributed by atoms with Gasteiger partial charge < -0.3 is 0 Å². The lowest BCUT2D eigenvalue weighted by Gasteiger charge is -2.06. The molecule has 0 spiro atoms. The normalized spacial score (nSPS) is 10.7. The van der Waals surface area contributed by atoms with Crippen LogP contribution in [0.15, 0.2) is 66.7 Å². The first-order chi connectivity index (χ1) is 9.81. The Morgan fingerprint density at radius 1 is 1.00 bits per heavy atom. The van der Waals surface area contributed by atoms with Crippen LogP contribution >= 0.6 is 0 Å². The molecule has 2 aromatic rings. The van der Waals surface area contributed by atoms with E-state index in [9.17, 15) is 0 Å². The molecule has 0 bridgehead atoms. The molecular weight excluding hydrogens is 242 g/mol. The molecule has 0 aliphatic heterocycles. The average molecular weight is 260 g/mol. The van der Waals surface area contributed by atoms with Crippen molar-refractivity contribution in [1.82, 2.24) is 0 Å². The number of terminal acetylenes is 1. The summed E-state index contributed by atoms with van der Waals surface area (Å²) in [5, 5.41) is 0. The van der Waals surface area contributed by atoms with E-state index in [0.717, 1.165) is 0 Å². The van der Waals surface area contributed by atoms with Gasteiger partial charge in [0.25, 0.3) is 0 Å². The van der Waals surface area contributed by atoms with Gasteiger partial charge in [-0.1, -0.05) is 60.7 Å². The molecule has 0 aliphatic carbocycles. The fourth-order valence-corrected chi connectivity index (χ4v) is 1.99. The highest BCUT2D eigenvalue weighted by molar-refractivity contribution is 5.89. The maximum Gasteiger partial charge on any atom is 0.203 e. The third-order valence-electron chi connectivity index (χ3n) is 3.01. The van der Waals surface area contributed by atoms with E-state index < -0.39 is 0 Å². The second-order valence-corrected chi connectivity index (χ2v) is 4.58. The minimum atomic E-state index is 0.605. The molecule has 20 heavy (non-hydrogen) atoms. The molecule has 0 saturated carbocycles.